The van der Waals surface area contributed by atoms with Crippen molar-refractivity contribution in [1.29, 1.82) is 0 Å². The van der Waals surface area contributed by atoms with Crippen LogP contribution >= 0.6 is 0 Å². The number of methoxy groups -OCH3 is 1. The molecule has 0 radical (unpaired) electrons. The number of pyridine rings is 1. The topological polar surface area (TPSA) is 57.7 Å². The number of nitrogens with one attached hydrogen (secondary N) is 1. The lowest BCUT2D eigenvalue weighted by Gasteiger charge is -2.37. The van der Waals surface area contributed by atoms with Crippen molar-refractivity contribution < 1.29 is 9.53 Å². The summed E-state index contributed by atoms with van der Waals surface area (Å²) in [6.45, 7) is 9.91. The lowest BCUT2D eigenvalue weighted by Crippen LogP contribution is -2.47. The van der Waals surface area contributed by atoms with Crippen LogP contribution in [0.3, 0.4) is 0 Å². The summed E-state index contributed by atoms with van der Waals surface area (Å²) in [7, 11) is 1.68. The van der Waals surface area contributed by atoms with Crippen LogP contribution in [0.4, 0.5) is 11.5 Å². The highest BCUT2D eigenvalue weighted by Gasteiger charge is 2.22. The van der Waals surface area contributed by atoms with Crippen LogP contribution in [-0.4, -0.2) is 50.2 Å². The second-order valence-electron chi connectivity index (χ2n) is 9.22. The number of fused-ring (bicyclic) bond motifs is 1. The Hall–Kier alpha value is -3.28. The highest BCUT2D eigenvalue weighted by atomic mass is 16.5. The summed E-state index contributed by atoms with van der Waals surface area (Å²) in [6, 6.07) is 18.2. The van der Waals surface area contributed by atoms with E-state index in [9.17, 15) is 4.79 Å². The van der Waals surface area contributed by atoms with Crippen molar-refractivity contribution >= 4 is 28.3 Å². The largest absolute Gasteiger partial charge is 0.497 e. The number of carbonyl (C=O) groups excluding carboxylic acids is 1. The molecular weight excluding hydrogens is 412 g/mol. The molecule has 1 aliphatic rings. The predicted octanol–water partition coefficient (Wildman–Crippen LogP) is 4.73. The Balaban J connectivity index is 1.53. The number of amides is 1. The zero-order valence-electron chi connectivity index (χ0n) is 20.0. The third-order valence-electron chi connectivity index (χ3n) is 6.19. The first kappa shape index (κ1) is 22.9. The standard InChI is InChI=1S/C27H34N4O2/c1-19(2)17-20(3)28-27(32)24-18-26(29-25-8-6-5-7-23(24)25)31-15-13-30(14-16-31)21-9-11-22(33-4)12-10-21/h5-12,18-20H,13-17H2,1-4H3,(H,28,32)/t20-/m1/s1. The monoisotopic (exact) mass is 446 g/mol. The number of ether oxygens (including phenoxy) is 1. The number of carbonyl (C=O) groups is 1. The van der Waals surface area contributed by atoms with Crippen molar-refractivity contribution in [1.82, 2.24) is 10.3 Å². The van der Waals surface area contributed by atoms with Gasteiger partial charge in [0.1, 0.15) is 11.6 Å². The number of anilines is 2. The molecule has 0 saturated carbocycles. The number of aromatic nitrogens is 1. The first-order valence-corrected chi connectivity index (χ1v) is 11.8. The van der Waals surface area contributed by atoms with Crippen molar-refractivity contribution in [3.63, 3.8) is 0 Å². The Morgan fingerprint density at radius 3 is 2.33 bits per heavy atom. The number of hydrogen-bond donors (Lipinski definition) is 1. The number of rotatable bonds is 7. The smallest absolute Gasteiger partial charge is 0.252 e. The molecule has 1 atom stereocenters. The summed E-state index contributed by atoms with van der Waals surface area (Å²) in [5, 5.41) is 4.08. The molecule has 33 heavy (non-hydrogen) atoms. The quantitative estimate of drug-likeness (QED) is 0.568. The van der Waals surface area contributed by atoms with E-state index in [1.165, 1.54) is 5.69 Å². The van der Waals surface area contributed by atoms with E-state index in [2.05, 4.69) is 48.0 Å². The molecule has 1 aromatic heterocycles. The van der Waals surface area contributed by atoms with Crippen LogP contribution < -0.4 is 19.9 Å². The van der Waals surface area contributed by atoms with Gasteiger partial charge in [0, 0.05) is 43.3 Å². The lowest BCUT2D eigenvalue weighted by atomic mass is 10.0. The highest BCUT2D eigenvalue weighted by molar-refractivity contribution is 6.07. The predicted molar refractivity (Wildman–Crippen MR) is 136 cm³/mol. The molecule has 0 spiro atoms. The minimum Gasteiger partial charge on any atom is -0.497 e. The van der Waals surface area contributed by atoms with Crippen LogP contribution in [0, 0.1) is 5.92 Å². The number of nitrogens with zero attached hydrogens (tertiary/aromatic N) is 3. The Morgan fingerprint density at radius 1 is 1.00 bits per heavy atom. The van der Waals surface area contributed by atoms with Gasteiger partial charge in [-0.25, -0.2) is 4.98 Å². The maximum Gasteiger partial charge on any atom is 0.252 e. The molecule has 1 fully saturated rings. The van der Waals surface area contributed by atoms with Gasteiger partial charge >= 0.3 is 0 Å². The lowest BCUT2D eigenvalue weighted by molar-refractivity contribution is 0.0937. The second kappa shape index (κ2) is 10.1. The molecule has 2 aromatic carbocycles. The van der Waals surface area contributed by atoms with E-state index < -0.39 is 0 Å². The van der Waals surface area contributed by atoms with Gasteiger partial charge in [0.15, 0.2) is 0 Å². The average molecular weight is 447 g/mol. The van der Waals surface area contributed by atoms with Crippen molar-refractivity contribution in [3.8, 4) is 5.75 Å². The molecule has 6 nitrogen and oxygen atoms in total. The third kappa shape index (κ3) is 5.38. The number of piperazine rings is 1. The minimum atomic E-state index is -0.0279. The van der Waals surface area contributed by atoms with Crippen molar-refractivity contribution in [2.45, 2.75) is 33.2 Å². The molecule has 3 aromatic rings. The maximum atomic E-state index is 13.2. The van der Waals surface area contributed by atoms with Gasteiger partial charge in [-0.15, -0.1) is 0 Å². The van der Waals surface area contributed by atoms with Crippen LogP contribution in [0.1, 0.15) is 37.6 Å². The minimum absolute atomic E-state index is 0.0279. The Labute approximate surface area is 196 Å². The Kier molecular flexibility index (Phi) is 7.02. The molecule has 1 aliphatic heterocycles. The summed E-state index contributed by atoms with van der Waals surface area (Å²) in [5.74, 6) is 2.24. The zero-order chi connectivity index (χ0) is 23.4. The number of para-hydroxylation sites is 1. The summed E-state index contributed by atoms with van der Waals surface area (Å²) in [4.78, 5) is 22.8. The van der Waals surface area contributed by atoms with Gasteiger partial charge < -0.3 is 19.9 Å². The maximum absolute atomic E-state index is 13.2. The van der Waals surface area contributed by atoms with E-state index in [0.29, 0.717) is 11.5 Å². The second-order valence-corrected chi connectivity index (χ2v) is 9.22. The van der Waals surface area contributed by atoms with E-state index in [1.54, 1.807) is 7.11 Å². The van der Waals surface area contributed by atoms with E-state index in [1.807, 2.05) is 42.5 Å². The summed E-state index contributed by atoms with van der Waals surface area (Å²) >= 11 is 0. The molecule has 0 aliphatic carbocycles. The molecule has 1 saturated heterocycles. The van der Waals surface area contributed by atoms with E-state index >= 15 is 0 Å². The molecular formula is C27H34N4O2. The van der Waals surface area contributed by atoms with E-state index in [0.717, 1.165) is 55.1 Å². The fourth-order valence-electron chi connectivity index (χ4n) is 4.57. The fraction of sp³-hybridized carbons (Fsp3) is 0.407. The molecule has 2 heterocycles. The van der Waals surface area contributed by atoms with Gasteiger partial charge in [-0.1, -0.05) is 32.0 Å². The number of benzene rings is 2. The van der Waals surface area contributed by atoms with Crippen LogP contribution in [0.25, 0.3) is 10.9 Å². The molecule has 0 bridgehead atoms. The van der Waals surface area contributed by atoms with Crippen molar-refractivity contribution in [3.05, 3.63) is 60.2 Å². The molecule has 4 rings (SSSR count). The van der Waals surface area contributed by atoms with Crippen LogP contribution in [0.2, 0.25) is 0 Å². The highest BCUT2D eigenvalue weighted by Crippen LogP contribution is 2.26. The Bertz CT molecular complexity index is 1090. The van der Waals surface area contributed by atoms with E-state index in [4.69, 9.17) is 9.72 Å². The first-order chi connectivity index (χ1) is 15.9. The first-order valence-electron chi connectivity index (χ1n) is 11.8. The summed E-state index contributed by atoms with van der Waals surface area (Å²) in [6.07, 6.45) is 0.953. The molecule has 1 N–H and O–H groups in total. The van der Waals surface area contributed by atoms with E-state index in [-0.39, 0.29) is 11.9 Å². The zero-order valence-corrected chi connectivity index (χ0v) is 20.0. The van der Waals surface area contributed by atoms with Gasteiger partial charge in [0.2, 0.25) is 0 Å². The molecule has 0 unspecified atom stereocenters. The van der Waals surface area contributed by atoms with Gasteiger partial charge in [-0.3, -0.25) is 4.79 Å². The molecule has 174 valence electrons. The van der Waals surface area contributed by atoms with Crippen molar-refractivity contribution in [2.75, 3.05) is 43.1 Å². The van der Waals surface area contributed by atoms with Gasteiger partial charge in [0.05, 0.1) is 18.2 Å². The SMILES string of the molecule is COc1ccc(N2CCN(c3cc(C(=O)N[C@H](C)CC(C)C)c4ccccc4n3)CC2)cc1. The fourth-order valence-corrected chi connectivity index (χ4v) is 4.57. The Morgan fingerprint density at radius 2 is 1.67 bits per heavy atom. The van der Waals surface area contributed by atoms with Crippen molar-refractivity contribution in [2.24, 2.45) is 5.92 Å². The third-order valence-corrected chi connectivity index (χ3v) is 6.19. The van der Waals surface area contributed by atoms with Crippen LogP contribution in [-0.2, 0) is 0 Å². The molecule has 1 amide bonds. The van der Waals surface area contributed by atoms with Gasteiger partial charge in [-0.2, -0.15) is 0 Å². The average Bonchev–Trinajstić information content (AvgIpc) is 2.83. The van der Waals surface area contributed by atoms with Crippen LogP contribution in [0.15, 0.2) is 54.6 Å². The number of hydrogen-bond acceptors (Lipinski definition) is 5. The van der Waals surface area contributed by atoms with Gasteiger partial charge in [0.25, 0.3) is 5.91 Å². The van der Waals surface area contributed by atoms with Crippen LogP contribution in [0.5, 0.6) is 5.75 Å². The van der Waals surface area contributed by atoms with Gasteiger partial charge in [-0.05, 0) is 55.7 Å². The summed E-state index contributed by atoms with van der Waals surface area (Å²) in [5.41, 5.74) is 2.75. The normalized spacial score (nSPS) is 15.1. The molecule has 6 heteroatoms. The summed E-state index contributed by atoms with van der Waals surface area (Å²) < 4.78 is 5.27.